The molecular formula is C4H4ClNO. The van der Waals surface area contributed by atoms with Gasteiger partial charge in [0.1, 0.15) is 0 Å². The minimum absolute atomic E-state index is 0.363. The summed E-state index contributed by atoms with van der Waals surface area (Å²) >= 11 is 5.34. The minimum atomic E-state index is 0.363. The van der Waals surface area contributed by atoms with Crippen molar-refractivity contribution in [3.63, 3.8) is 0 Å². The van der Waals surface area contributed by atoms with Gasteiger partial charge in [-0.1, -0.05) is 0 Å². The van der Waals surface area contributed by atoms with Gasteiger partial charge in [0, 0.05) is 6.20 Å². The third-order valence-corrected chi connectivity index (χ3v) is 0.751. The number of hydrogen-bond acceptors (Lipinski definition) is 2. The molecule has 0 aromatic rings. The maximum Gasteiger partial charge on any atom is 0.221 e. The van der Waals surface area contributed by atoms with E-state index in [1.165, 1.54) is 0 Å². The first-order valence-electron chi connectivity index (χ1n) is 1.84. The van der Waals surface area contributed by atoms with E-state index in [0.717, 1.165) is 0 Å². The van der Waals surface area contributed by atoms with Gasteiger partial charge in [0.05, 0.1) is 0 Å². The summed E-state index contributed by atoms with van der Waals surface area (Å²) < 4.78 is 0. The summed E-state index contributed by atoms with van der Waals surface area (Å²) in [6, 6.07) is 0. The molecule has 1 N–H and O–H groups in total. The van der Waals surface area contributed by atoms with Crippen molar-refractivity contribution in [3.8, 4) is 0 Å². The van der Waals surface area contributed by atoms with Crippen LogP contribution < -0.4 is 5.48 Å². The van der Waals surface area contributed by atoms with Crippen LogP contribution >= 0.6 is 11.6 Å². The third kappa shape index (κ3) is 1.12. The second kappa shape index (κ2) is 1.89. The van der Waals surface area contributed by atoms with Crippen LogP contribution in [0.25, 0.3) is 0 Å². The zero-order chi connectivity index (χ0) is 5.11. The van der Waals surface area contributed by atoms with E-state index >= 15 is 0 Å². The number of halogens is 1. The third-order valence-electron chi connectivity index (χ3n) is 0.548. The molecule has 0 spiro atoms. The molecule has 0 bridgehead atoms. The van der Waals surface area contributed by atoms with Gasteiger partial charge in [0.15, 0.2) is 0 Å². The molecular weight excluding hydrogens is 114 g/mol. The average molecular weight is 118 g/mol. The number of rotatable bonds is 0. The summed E-state index contributed by atoms with van der Waals surface area (Å²) in [6.45, 7) is 0. The van der Waals surface area contributed by atoms with Crippen LogP contribution in [0.2, 0.25) is 0 Å². The van der Waals surface area contributed by atoms with Crippen molar-refractivity contribution in [1.29, 1.82) is 0 Å². The second-order valence-electron chi connectivity index (χ2n) is 1.05. The van der Waals surface area contributed by atoms with Crippen molar-refractivity contribution in [3.05, 3.63) is 23.6 Å². The number of hydrogen-bond donors (Lipinski definition) is 1. The molecule has 1 aliphatic rings. The summed E-state index contributed by atoms with van der Waals surface area (Å²) in [5.74, 6) is 0. The van der Waals surface area contributed by atoms with Crippen LogP contribution in [-0.4, -0.2) is 0 Å². The molecule has 0 fully saturated rings. The first kappa shape index (κ1) is 4.53. The number of allylic oxidation sites excluding steroid dienone is 2. The van der Waals surface area contributed by atoms with Crippen molar-refractivity contribution >= 4 is 11.6 Å². The SMILES string of the molecule is ClC1=CC=CNO1. The Bertz CT molecular complexity index is 119. The van der Waals surface area contributed by atoms with E-state index in [0.29, 0.717) is 5.22 Å². The zero-order valence-corrected chi connectivity index (χ0v) is 4.27. The lowest BCUT2D eigenvalue weighted by Gasteiger charge is -2.03. The van der Waals surface area contributed by atoms with Crippen LogP contribution in [0.3, 0.4) is 0 Å². The van der Waals surface area contributed by atoms with E-state index in [9.17, 15) is 0 Å². The predicted octanol–water partition coefficient (Wildman–Crippen LogP) is 1.12. The van der Waals surface area contributed by atoms with Crippen LogP contribution in [0.5, 0.6) is 0 Å². The Morgan fingerprint density at radius 3 is 2.86 bits per heavy atom. The van der Waals surface area contributed by atoms with E-state index in [1.807, 2.05) is 0 Å². The molecule has 7 heavy (non-hydrogen) atoms. The van der Waals surface area contributed by atoms with Crippen LogP contribution in [0, 0.1) is 0 Å². The maximum absolute atomic E-state index is 5.34. The number of nitrogens with one attached hydrogen (secondary N) is 1. The number of hydroxylamine groups is 1. The van der Waals surface area contributed by atoms with E-state index in [-0.39, 0.29) is 0 Å². The Hall–Kier alpha value is -0.630. The summed E-state index contributed by atoms with van der Waals surface area (Å²) in [6.07, 6.45) is 5.05. The molecule has 0 saturated carbocycles. The molecule has 2 nitrogen and oxygen atoms in total. The molecule has 1 aliphatic heterocycles. The Morgan fingerprint density at radius 2 is 2.57 bits per heavy atom. The Morgan fingerprint density at radius 1 is 1.71 bits per heavy atom. The van der Waals surface area contributed by atoms with Crippen LogP contribution in [0.4, 0.5) is 0 Å². The van der Waals surface area contributed by atoms with E-state index in [1.54, 1.807) is 18.4 Å². The fourth-order valence-electron chi connectivity index (χ4n) is 0.287. The van der Waals surface area contributed by atoms with Gasteiger partial charge in [0.2, 0.25) is 5.22 Å². The largest absolute Gasteiger partial charge is 0.370 e. The van der Waals surface area contributed by atoms with Gasteiger partial charge >= 0.3 is 0 Å². The first-order valence-corrected chi connectivity index (χ1v) is 2.22. The highest BCUT2D eigenvalue weighted by Gasteiger charge is 1.89. The van der Waals surface area contributed by atoms with Gasteiger partial charge in [-0.25, -0.2) is 5.48 Å². The molecule has 0 saturated heterocycles. The summed E-state index contributed by atoms with van der Waals surface area (Å²) in [7, 11) is 0. The molecule has 0 aromatic heterocycles. The molecule has 0 atom stereocenters. The molecule has 1 heterocycles. The molecule has 0 radical (unpaired) electrons. The van der Waals surface area contributed by atoms with Gasteiger partial charge in [-0.2, -0.15) is 0 Å². The fourth-order valence-corrected chi connectivity index (χ4v) is 0.405. The van der Waals surface area contributed by atoms with Gasteiger partial charge in [-0.15, -0.1) is 0 Å². The van der Waals surface area contributed by atoms with Crippen molar-refractivity contribution in [1.82, 2.24) is 5.48 Å². The molecule has 38 valence electrons. The standard InChI is InChI=1S/C4H4ClNO/c5-4-2-1-3-6-7-4/h1-3,6H. The Kier molecular flexibility index (Phi) is 1.22. The molecule has 0 aliphatic carbocycles. The fraction of sp³-hybridized carbons (Fsp3) is 0. The monoisotopic (exact) mass is 117 g/mol. The Labute approximate surface area is 46.4 Å². The average Bonchev–Trinajstić information content (AvgIpc) is 1.69. The van der Waals surface area contributed by atoms with Crippen molar-refractivity contribution in [2.45, 2.75) is 0 Å². The molecule has 1 rings (SSSR count). The van der Waals surface area contributed by atoms with Gasteiger partial charge < -0.3 is 4.84 Å². The van der Waals surface area contributed by atoms with Crippen LogP contribution in [-0.2, 0) is 4.84 Å². The van der Waals surface area contributed by atoms with Crippen molar-refractivity contribution in [2.75, 3.05) is 0 Å². The topological polar surface area (TPSA) is 21.3 Å². The van der Waals surface area contributed by atoms with Gasteiger partial charge in [-0.05, 0) is 23.8 Å². The second-order valence-corrected chi connectivity index (χ2v) is 1.42. The molecule has 3 heteroatoms. The van der Waals surface area contributed by atoms with E-state index in [2.05, 4.69) is 10.3 Å². The highest BCUT2D eigenvalue weighted by Crippen LogP contribution is 2.03. The highest BCUT2D eigenvalue weighted by atomic mass is 35.5. The van der Waals surface area contributed by atoms with Gasteiger partial charge in [-0.3, -0.25) is 0 Å². The van der Waals surface area contributed by atoms with Gasteiger partial charge in [0.25, 0.3) is 0 Å². The van der Waals surface area contributed by atoms with E-state index < -0.39 is 0 Å². The van der Waals surface area contributed by atoms with Crippen molar-refractivity contribution < 1.29 is 4.84 Å². The lowest BCUT2D eigenvalue weighted by molar-refractivity contribution is 0.160. The van der Waals surface area contributed by atoms with Crippen molar-refractivity contribution in [2.24, 2.45) is 0 Å². The normalized spacial score (nSPS) is 17.0. The Balaban J connectivity index is 2.57. The zero-order valence-electron chi connectivity index (χ0n) is 3.52. The lowest BCUT2D eigenvalue weighted by Crippen LogP contribution is -2.05. The predicted molar refractivity (Wildman–Crippen MR) is 27.3 cm³/mol. The molecule has 0 amide bonds. The van der Waals surface area contributed by atoms with Crippen LogP contribution in [0.15, 0.2) is 23.6 Å². The highest BCUT2D eigenvalue weighted by molar-refractivity contribution is 6.28. The summed E-state index contributed by atoms with van der Waals surface area (Å²) in [5, 5.41) is 0.363. The maximum atomic E-state index is 5.34. The minimum Gasteiger partial charge on any atom is -0.370 e. The smallest absolute Gasteiger partial charge is 0.221 e. The summed E-state index contributed by atoms with van der Waals surface area (Å²) in [4.78, 5) is 4.57. The first-order chi connectivity index (χ1) is 3.39. The van der Waals surface area contributed by atoms with E-state index in [4.69, 9.17) is 11.6 Å². The van der Waals surface area contributed by atoms with Crippen LogP contribution in [0.1, 0.15) is 0 Å². The summed E-state index contributed by atoms with van der Waals surface area (Å²) in [5.41, 5.74) is 2.45. The quantitative estimate of drug-likeness (QED) is 0.513. The molecule has 0 unspecified atom stereocenters. The lowest BCUT2D eigenvalue weighted by atomic mass is 10.6. The molecule has 0 aromatic carbocycles.